The number of benzene rings is 1. The Morgan fingerprint density at radius 2 is 2.11 bits per heavy atom. The summed E-state index contributed by atoms with van der Waals surface area (Å²) in [6, 6.07) is 8.62. The van der Waals surface area contributed by atoms with Crippen molar-refractivity contribution < 1.29 is 23.8 Å². The first-order valence-electron chi connectivity index (χ1n) is 6.15. The lowest BCUT2D eigenvalue weighted by molar-refractivity contribution is -0.182. The average Bonchev–Trinajstić information content (AvgIpc) is 3.14. The molecule has 1 saturated heterocycles. The number of carbonyl (C=O) groups excluding carboxylic acids is 2. The lowest BCUT2D eigenvalue weighted by Crippen LogP contribution is -2.42. The van der Waals surface area contributed by atoms with E-state index in [9.17, 15) is 9.59 Å². The van der Waals surface area contributed by atoms with Gasteiger partial charge in [-0.1, -0.05) is 18.2 Å². The summed E-state index contributed by atoms with van der Waals surface area (Å²) in [6.45, 7) is 0. The van der Waals surface area contributed by atoms with Crippen LogP contribution in [0.4, 0.5) is 0 Å². The zero-order chi connectivity index (χ0) is 13.5. The van der Waals surface area contributed by atoms with E-state index in [4.69, 9.17) is 14.2 Å². The van der Waals surface area contributed by atoms with Gasteiger partial charge < -0.3 is 14.2 Å². The monoisotopic (exact) mass is 262 g/mol. The molecule has 1 heterocycles. The van der Waals surface area contributed by atoms with Gasteiger partial charge in [0.25, 0.3) is 0 Å². The molecule has 1 aliphatic heterocycles. The molecule has 2 fully saturated rings. The van der Waals surface area contributed by atoms with Crippen LogP contribution >= 0.6 is 0 Å². The highest BCUT2D eigenvalue weighted by atomic mass is 16.7. The van der Waals surface area contributed by atoms with Gasteiger partial charge in [0.05, 0.1) is 12.0 Å². The van der Waals surface area contributed by atoms with Gasteiger partial charge in [0.2, 0.25) is 0 Å². The van der Waals surface area contributed by atoms with Crippen molar-refractivity contribution in [3.8, 4) is 0 Å². The van der Waals surface area contributed by atoms with Crippen LogP contribution in [0, 0.1) is 0 Å². The molecular formula is C14H14O5. The highest BCUT2D eigenvalue weighted by Gasteiger charge is 2.68. The lowest BCUT2D eigenvalue weighted by Gasteiger charge is -2.26. The van der Waals surface area contributed by atoms with Crippen molar-refractivity contribution in [3.63, 3.8) is 0 Å². The number of fused-ring (bicyclic) bond motifs is 1. The minimum atomic E-state index is -1.08. The number of rotatable bonds is 3. The molecule has 5 nitrogen and oxygen atoms in total. The van der Waals surface area contributed by atoms with Crippen LogP contribution in [0.3, 0.4) is 0 Å². The van der Waals surface area contributed by atoms with E-state index < -0.39 is 17.9 Å². The molecule has 0 spiro atoms. The summed E-state index contributed by atoms with van der Waals surface area (Å²) in [4.78, 5) is 24.0. The molecule has 0 radical (unpaired) electrons. The fraction of sp³-hybridized carbons (Fsp3) is 0.429. The summed E-state index contributed by atoms with van der Waals surface area (Å²) >= 11 is 0. The Morgan fingerprint density at radius 1 is 1.37 bits per heavy atom. The van der Waals surface area contributed by atoms with Gasteiger partial charge in [-0.25, -0.2) is 4.79 Å². The molecule has 0 unspecified atom stereocenters. The van der Waals surface area contributed by atoms with E-state index in [1.807, 2.05) is 6.07 Å². The first-order chi connectivity index (χ1) is 9.15. The third-order valence-corrected chi connectivity index (χ3v) is 3.54. The smallest absolute Gasteiger partial charge is 0.339 e. The molecule has 1 aromatic rings. The van der Waals surface area contributed by atoms with Crippen LogP contribution in [0.25, 0.3) is 0 Å². The maximum atomic E-state index is 12.1. The second kappa shape index (κ2) is 4.43. The molecule has 0 bridgehead atoms. The van der Waals surface area contributed by atoms with Crippen molar-refractivity contribution in [2.75, 3.05) is 7.11 Å². The quantitative estimate of drug-likeness (QED) is 0.769. The van der Waals surface area contributed by atoms with Gasteiger partial charge in [-0.3, -0.25) is 4.79 Å². The van der Waals surface area contributed by atoms with E-state index in [2.05, 4.69) is 0 Å². The normalized spacial score (nSPS) is 32.6. The molecule has 3 rings (SSSR count). The van der Waals surface area contributed by atoms with Gasteiger partial charge in [0.15, 0.2) is 17.7 Å². The number of hydrogen-bond acceptors (Lipinski definition) is 5. The van der Waals surface area contributed by atoms with Crippen molar-refractivity contribution in [2.24, 2.45) is 0 Å². The summed E-state index contributed by atoms with van der Waals surface area (Å²) in [6.07, 6.45) is -0.353. The number of ketones is 1. The number of Topliss-reactive ketones (excluding diaryl/α,β-unsaturated/α-hetero) is 1. The molecule has 19 heavy (non-hydrogen) atoms. The van der Waals surface area contributed by atoms with Gasteiger partial charge in [-0.15, -0.1) is 0 Å². The number of esters is 1. The molecular weight excluding hydrogens is 248 g/mol. The van der Waals surface area contributed by atoms with Gasteiger partial charge in [-0.2, -0.15) is 0 Å². The lowest BCUT2D eigenvalue weighted by atomic mass is 10.1. The Morgan fingerprint density at radius 3 is 2.74 bits per heavy atom. The molecule has 1 aromatic carbocycles. The number of hydrogen-bond donors (Lipinski definition) is 0. The predicted octanol–water partition coefficient (Wildman–Crippen LogP) is 1.32. The van der Waals surface area contributed by atoms with Crippen LogP contribution in [0.2, 0.25) is 0 Å². The first-order valence-corrected chi connectivity index (χ1v) is 6.15. The van der Waals surface area contributed by atoms with E-state index in [0.717, 1.165) is 0 Å². The van der Waals surface area contributed by atoms with E-state index in [-0.39, 0.29) is 18.3 Å². The predicted molar refractivity (Wildman–Crippen MR) is 64.5 cm³/mol. The Bertz CT molecular complexity index is 512. The van der Waals surface area contributed by atoms with E-state index in [1.54, 1.807) is 24.3 Å². The third-order valence-electron chi connectivity index (χ3n) is 3.54. The highest BCUT2D eigenvalue weighted by Crippen LogP contribution is 2.49. The van der Waals surface area contributed by atoms with Crippen LogP contribution < -0.4 is 0 Å². The number of methoxy groups -OCH3 is 1. The maximum Gasteiger partial charge on any atom is 0.339 e. The molecule has 5 heteroatoms. The SMILES string of the molecule is CO[C@@H]1CC(=O)[C@@]2(OC(=O)c3ccccc3)C[C@H]2O1. The zero-order valence-corrected chi connectivity index (χ0v) is 10.5. The second-order valence-corrected chi connectivity index (χ2v) is 4.77. The summed E-state index contributed by atoms with van der Waals surface area (Å²) < 4.78 is 15.9. The van der Waals surface area contributed by atoms with Gasteiger partial charge in [0.1, 0.15) is 6.10 Å². The van der Waals surface area contributed by atoms with Crippen molar-refractivity contribution in [1.82, 2.24) is 0 Å². The van der Waals surface area contributed by atoms with Crippen molar-refractivity contribution in [1.29, 1.82) is 0 Å². The Balaban J connectivity index is 1.72. The first kappa shape index (κ1) is 12.3. The third kappa shape index (κ3) is 2.05. The van der Waals surface area contributed by atoms with Crippen LogP contribution in [-0.2, 0) is 19.0 Å². The van der Waals surface area contributed by atoms with Crippen LogP contribution in [0.5, 0.6) is 0 Å². The van der Waals surface area contributed by atoms with Crippen molar-refractivity contribution in [2.45, 2.75) is 30.8 Å². The molecule has 0 N–H and O–H groups in total. The van der Waals surface area contributed by atoms with Crippen LogP contribution in [0.1, 0.15) is 23.2 Å². The fourth-order valence-electron chi connectivity index (χ4n) is 2.33. The van der Waals surface area contributed by atoms with E-state index in [1.165, 1.54) is 7.11 Å². The largest absolute Gasteiger partial charge is 0.445 e. The number of carbonyl (C=O) groups is 2. The molecule has 100 valence electrons. The van der Waals surface area contributed by atoms with E-state index in [0.29, 0.717) is 12.0 Å². The standard InChI is InChI=1S/C14H14O5/c1-17-12-7-10(15)14(8-11(14)18-12)19-13(16)9-5-3-2-4-6-9/h2-6,11-12H,7-8H2,1H3/t11-,12+,14+/m1/s1. The molecule has 3 atom stereocenters. The van der Waals surface area contributed by atoms with Crippen molar-refractivity contribution >= 4 is 11.8 Å². The molecule has 0 amide bonds. The summed E-state index contributed by atoms with van der Waals surface area (Å²) in [5.41, 5.74) is -0.647. The topological polar surface area (TPSA) is 61.8 Å². The Kier molecular flexibility index (Phi) is 2.88. The van der Waals surface area contributed by atoms with Crippen LogP contribution in [0.15, 0.2) is 30.3 Å². The summed E-state index contributed by atoms with van der Waals surface area (Å²) in [5.74, 6) is -0.615. The summed E-state index contributed by atoms with van der Waals surface area (Å²) in [5, 5.41) is 0. The number of ether oxygens (including phenoxy) is 3. The Hall–Kier alpha value is -1.72. The van der Waals surface area contributed by atoms with E-state index >= 15 is 0 Å². The minimum Gasteiger partial charge on any atom is -0.445 e. The zero-order valence-electron chi connectivity index (χ0n) is 10.5. The molecule has 2 aliphatic rings. The molecule has 1 aliphatic carbocycles. The van der Waals surface area contributed by atoms with Crippen molar-refractivity contribution in [3.05, 3.63) is 35.9 Å². The average molecular weight is 262 g/mol. The fourth-order valence-corrected chi connectivity index (χ4v) is 2.33. The van der Waals surface area contributed by atoms with Gasteiger partial charge in [-0.05, 0) is 12.1 Å². The van der Waals surface area contributed by atoms with Gasteiger partial charge in [0, 0.05) is 13.5 Å². The van der Waals surface area contributed by atoms with Gasteiger partial charge >= 0.3 is 5.97 Å². The molecule has 0 aromatic heterocycles. The second-order valence-electron chi connectivity index (χ2n) is 4.77. The van der Waals surface area contributed by atoms with Crippen LogP contribution in [-0.4, -0.2) is 36.9 Å². The Labute approximate surface area is 110 Å². The minimum absolute atomic E-state index is 0.120. The summed E-state index contributed by atoms with van der Waals surface area (Å²) in [7, 11) is 1.49. The molecule has 1 saturated carbocycles. The highest BCUT2D eigenvalue weighted by molar-refractivity contribution is 5.98. The maximum absolute atomic E-state index is 12.1.